The third kappa shape index (κ3) is 1.93. The number of hydrogen-bond donors (Lipinski definition) is 2. The van der Waals surface area contributed by atoms with Gasteiger partial charge in [0, 0.05) is 7.11 Å². The lowest BCUT2D eigenvalue weighted by molar-refractivity contribution is -0.158. The number of carboxylic acid groups (broad SMARTS) is 2. The van der Waals surface area contributed by atoms with Gasteiger partial charge >= 0.3 is 11.9 Å². The Labute approximate surface area is 81.0 Å². The fourth-order valence-corrected chi connectivity index (χ4v) is 1.65. The average molecular weight is 200 g/mol. The van der Waals surface area contributed by atoms with E-state index in [1.807, 2.05) is 0 Å². The van der Waals surface area contributed by atoms with Crippen LogP contribution in [0.3, 0.4) is 0 Å². The van der Waals surface area contributed by atoms with E-state index in [1.54, 1.807) is 12.2 Å². The monoisotopic (exact) mass is 200 g/mol. The van der Waals surface area contributed by atoms with E-state index >= 15 is 0 Å². The molecule has 14 heavy (non-hydrogen) atoms. The first kappa shape index (κ1) is 10.7. The van der Waals surface area contributed by atoms with Crippen LogP contribution in [0.5, 0.6) is 0 Å². The Kier molecular flexibility index (Phi) is 3.24. The molecule has 0 heterocycles. The predicted molar refractivity (Wildman–Crippen MR) is 46.8 cm³/mol. The normalized spacial score (nSPS) is 31.4. The lowest BCUT2D eigenvalue weighted by Crippen LogP contribution is -2.40. The number of hydrogen-bond acceptors (Lipinski definition) is 3. The van der Waals surface area contributed by atoms with Gasteiger partial charge in [-0.05, 0) is 6.42 Å². The van der Waals surface area contributed by atoms with Crippen LogP contribution in [0.25, 0.3) is 0 Å². The highest BCUT2D eigenvalue weighted by Gasteiger charge is 2.40. The van der Waals surface area contributed by atoms with Crippen LogP contribution in [-0.4, -0.2) is 35.4 Å². The van der Waals surface area contributed by atoms with E-state index in [0.29, 0.717) is 0 Å². The predicted octanol–water partition coefficient (Wildman–Crippen LogP) is 0.363. The highest BCUT2D eigenvalue weighted by molar-refractivity contribution is 5.81. The van der Waals surface area contributed by atoms with Crippen molar-refractivity contribution in [2.75, 3.05) is 7.11 Å². The smallest absolute Gasteiger partial charge is 0.310 e. The molecule has 1 aliphatic carbocycles. The summed E-state index contributed by atoms with van der Waals surface area (Å²) in [7, 11) is 1.37. The van der Waals surface area contributed by atoms with Crippen LogP contribution < -0.4 is 0 Å². The summed E-state index contributed by atoms with van der Waals surface area (Å²) in [6.45, 7) is 0. The second-order valence-corrected chi connectivity index (χ2v) is 3.17. The van der Waals surface area contributed by atoms with Gasteiger partial charge in [0.05, 0.1) is 17.9 Å². The number of methoxy groups -OCH3 is 1. The van der Waals surface area contributed by atoms with Crippen LogP contribution >= 0.6 is 0 Å². The largest absolute Gasteiger partial charge is 0.481 e. The molecule has 0 aromatic rings. The van der Waals surface area contributed by atoms with Crippen molar-refractivity contribution >= 4 is 11.9 Å². The molecule has 5 heteroatoms. The number of carbonyl (C=O) groups is 2. The highest BCUT2D eigenvalue weighted by atomic mass is 16.5. The van der Waals surface area contributed by atoms with Crippen molar-refractivity contribution in [3.63, 3.8) is 0 Å². The molecule has 1 aliphatic rings. The van der Waals surface area contributed by atoms with E-state index in [9.17, 15) is 9.59 Å². The first-order chi connectivity index (χ1) is 6.57. The summed E-state index contributed by atoms with van der Waals surface area (Å²) in [5.41, 5.74) is 0. The molecule has 2 N–H and O–H groups in total. The number of aliphatic carboxylic acids is 2. The van der Waals surface area contributed by atoms with Crippen molar-refractivity contribution in [2.45, 2.75) is 12.5 Å². The summed E-state index contributed by atoms with van der Waals surface area (Å²) in [6.07, 6.45) is 2.83. The standard InChI is InChI=1S/C9H12O5/c1-14-6-4-2-3-5(8(10)11)7(6)9(12)13/h2,4-7H,3H2,1H3,(H,10,11)(H,12,13). The number of rotatable bonds is 3. The summed E-state index contributed by atoms with van der Waals surface area (Å²) in [6, 6.07) is 0. The molecular weight excluding hydrogens is 188 g/mol. The molecule has 0 amide bonds. The zero-order valence-electron chi connectivity index (χ0n) is 7.71. The minimum Gasteiger partial charge on any atom is -0.481 e. The molecule has 0 aromatic carbocycles. The number of carboxylic acids is 2. The highest BCUT2D eigenvalue weighted by Crippen LogP contribution is 2.28. The maximum Gasteiger partial charge on any atom is 0.310 e. The second kappa shape index (κ2) is 4.23. The molecular formula is C9H12O5. The second-order valence-electron chi connectivity index (χ2n) is 3.17. The van der Waals surface area contributed by atoms with Crippen LogP contribution in [0.4, 0.5) is 0 Å². The van der Waals surface area contributed by atoms with E-state index in [-0.39, 0.29) is 6.42 Å². The Morgan fingerprint density at radius 3 is 2.43 bits per heavy atom. The minimum absolute atomic E-state index is 0.242. The van der Waals surface area contributed by atoms with Gasteiger partial charge in [-0.25, -0.2) is 0 Å². The van der Waals surface area contributed by atoms with E-state index in [4.69, 9.17) is 14.9 Å². The quantitative estimate of drug-likeness (QED) is 0.643. The van der Waals surface area contributed by atoms with E-state index in [2.05, 4.69) is 0 Å². The molecule has 5 nitrogen and oxygen atoms in total. The maximum atomic E-state index is 10.9. The van der Waals surface area contributed by atoms with Crippen LogP contribution in [0.1, 0.15) is 6.42 Å². The lowest BCUT2D eigenvalue weighted by atomic mass is 9.81. The van der Waals surface area contributed by atoms with Crippen LogP contribution in [0.2, 0.25) is 0 Å². The number of allylic oxidation sites excluding steroid dienone is 1. The van der Waals surface area contributed by atoms with Crippen molar-refractivity contribution in [1.82, 2.24) is 0 Å². The maximum absolute atomic E-state index is 10.9. The molecule has 3 unspecified atom stereocenters. The van der Waals surface area contributed by atoms with E-state index < -0.39 is 29.9 Å². The molecule has 0 aliphatic heterocycles. The molecule has 0 saturated heterocycles. The van der Waals surface area contributed by atoms with Crippen molar-refractivity contribution in [3.8, 4) is 0 Å². The van der Waals surface area contributed by atoms with E-state index in [1.165, 1.54) is 7.11 Å². The third-order valence-electron chi connectivity index (χ3n) is 2.38. The molecule has 0 fully saturated rings. The Morgan fingerprint density at radius 2 is 2.00 bits per heavy atom. The molecule has 78 valence electrons. The molecule has 0 aromatic heterocycles. The van der Waals surface area contributed by atoms with Gasteiger partial charge in [0.1, 0.15) is 0 Å². The summed E-state index contributed by atoms with van der Waals surface area (Å²) in [5, 5.41) is 17.7. The zero-order chi connectivity index (χ0) is 10.7. The summed E-state index contributed by atoms with van der Waals surface area (Å²) < 4.78 is 4.91. The Morgan fingerprint density at radius 1 is 1.36 bits per heavy atom. The van der Waals surface area contributed by atoms with Gasteiger partial charge in [0.2, 0.25) is 0 Å². The van der Waals surface area contributed by atoms with E-state index in [0.717, 1.165) is 0 Å². The summed E-state index contributed by atoms with van der Waals surface area (Å²) >= 11 is 0. The number of ether oxygens (including phenoxy) is 1. The van der Waals surface area contributed by atoms with Gasteiger partial charge in [-0.2, -0.15) is 0 Å². The van der Waals surface area contributed by atoms with Crippen LogP contribution in [0.15, 0.2) is 12.2 Å². The van der Waals surface area contributed by atoms with Gasteiger partial charge in [-0.15, -0.1) is 0 Å². The van der Waals surface area contributed by atoms with Gasteiger partial charge in [-0.1, -0.05) is 12.2 Å². The lowest BCUT2D eigenvalue weighted by Gasteiger charge is -2.28. The van der Waals surface area contributed by atoms with Gasteiger partial charge < -0.3 is 14.9 Å². The first-order valence-corrected chi connectivity index (χ1v) is 4.23. The van der Waals surface area contributed by atoms with Crippen molar-refractivity contribution in [1.29, 1.82) is 0 Å². The zero-order valence-corrected chi connectivity index (χ0v) is 7.71. The Hall–Kier alpha value is -1.36. The molecule has 0 saturated carbocycles. The molecule has 3 atom stereocenters. The van der Waals surface area contributed by atoms with Gasteiger partial charge in [-0.3, -0.25) is 9.59 Å². The average Bonchev–Trinajstić information content (AvgIpc) is 2.16. The minimum atomic E-state index is -1.13. The van der Waals surface area contributed by atoms with Crippen LogP contribution in [-0.2, 0) is 14.3 Å². The van der Waals surface area contributed by atoms with Gasteiger partial charge in [0.15, 0.2) is 0 Å². The van der Waals surface area contributed by atoms with Crippen molar-refractivity contribution in [2.24, 2.45) is 11.8 Å². The Bertz CT molecular complexity index is 270. The van der Waals surface area contributed by atoms with Gasteiger partial charge in [0.25, 0.3) is 0 Å². The molecule has 0 spiro atoms. The fourth-order valence-electron chi connectivity index (χ4n) is 1.65. The topological polar surface area (TPSA) is 83.8 Å². The first-order valence-electron chi connectivity index (χ1n) is 4.23. The fraction of sp³-hybridized carbons (Fsp3) is 0.556. The molecule has 1 rings (SSSR count). The molecule has 0 radical (unpaired) electrons. The summed E-state index contributed by atoms with van der Waals surface area (Å²) in [5.74, 6) is -4.12. The molecule has 0 bridgehead atoms. The Balaban J connectivity index is 2.92. The SMILES string of the molecule is COC1C=CCC(C(=O)O)C1C(=O)O. The van der Waals surface area contributed by atoms with Crippen molar-refractivity contribution < 1.29 is 24.5 Å². The van der Waals surface area contributed by atoms with Crippen molar-refractivity contribution in [3.05, 3.63) is 12.2 Å². The third-order valence-corrected chi connectivity index (χ3v) is 2.38. The summed E-state index contributed by atoms with van der Waals surface area (Å²) in [4.78, 5) is 21.6. The van der Waals surface area contributed by atoms with Crippen LogP contribution in [0, 0.1) is 11.8 Å².